The minimum atomic E-state index is 0.144. The first kappa shape index (κ1) is 16.7. The first-order valence-corrected chi connectivity index (χ1v) is 7.00. The van der Waals surface area contributed by atoms with Gasteiger partial charge in [0.25, 0.3) is 0 Å². The Balaban J connectivity index is 3.83. The molecule has 0 saturated carbocycles. The van der Waals surface area contributed by atoms with Gasteiger partial charge in [-0.1, -0.05) is 13.8 Å². The Morgan fingerprint density at radius 3 is 2.41 bits per heavy atom. The van der Waals surface area contributed by atoms with Gasteiger partial charge in [-0.25, -0.2) is 0 Å². The van der Waals surface area contributed by atoms with E-state index in [2.05, 4.69) is 38.2 Å². The number of carbonyl (C=O) groups is 1. The van der Waals surface area contributed by atoms with Crippen molar-refractivity contribution in [1.82, 2.24) is 10.2 Å². The number of hydrogen-bond acceptors (Lipinski definition) is 2. The van der Waals surface area contributed by atoms with E-state index in [1.807, 2.05) is 0 Å². The van der Waals surface area contributed by atoms with Gasteiger partial charge in [0.15, 0.2) is 0 Å². The summed E-state index contributed by atoms with van der Waals surface area (Å²) in [5.74, 6) is 1.43. The quantitative estimate of drug-likeness (QED) is 0.512. The predicted octanol–water partition coefficient (Wildman–Crippen LogP) is 2.49. The molecule has 1 atom stereocenters. The van der Waals surface area contributed by atoms with E-state index < -0.39 is 0 Å². The first-order chi connectivity index (χ1) is 7.97. The molecule has 102 valence electrons. The summed E-state index contributed by atoms with van der Waals surface area (Å²) in [6.45, 7) is 5.16. The van der Waals surface area contributed by atoms with Gasteiger partial charge in [0.2, 0.25) is 5.91 Å². The Hall–Kier alpha value is -0.280. The summed E-state index contributed by atoms with van der Waals surface area (Å²) < 4.78 is 0. The lowest BCUT2D eigenvalue weighted by molar-refractivity contribution is -0.121. The van der Waals surface area contributed by atoms with Gasteiger partial charge in [-0.05, 0) is 39.3 Å². The average Bonchev–Trinajstić information content (AvgIpc) is 2.23. The van der Waals surface area contributed by atoms with Crippen LogP contribution >= 0.6 is 11.6 Å². The van der Waals surface area contributed by atoms with Crippen LogP contribution in [-0.2, 0) is 4.79 Å². The summed E-state index contributed by atoms with van der Waals surface area (Å²) in [7, 11) is 4.12. The third-order valence-electron chi connectivity index (χ3n) is 2.80. The minimum Gasteiger partial charge on any atom is -0.355 e. The summed E-state index contributed by atoms with van der Waals surface area (Å²) in [4.78, 5) is 13.7. The number of rotatable bonds is 9. The molecule has 0 aromatic heterocycles. The van der Waals surface area contributed by atoms with Gasteiger partial charge >= 0.3 is 0 Å². The van der Waals surface area contributed by atoms with E-state index in [1.54, 1.807) is 0 Å². The molecule has 1 unspecified atom stereocenters. The molecule has 17 heavy (non-hydrogen) atoms. The van der Waals surface area contributed by atoms with Crippen LogP contribution in [0.15, 0.2) is 0 Å². The topological polar surface area (TPSA) is 32.3 Å². The molecule has 0 rings (SSSR count). The van der Waals surface area contributed by atoms with Crippen LogP contribution in [0.4, 0.5) is 0 Å². The van der Waals surface area contributed by atoms with Crippen molar-refractivity contribution in [3.05, 3.63) is 0 Å². The molecule has 4 heteroatoms. The maximum atomic E-state index is 11.6. The molecule has 0 heterocycles. The summed E-state index contributed by atoms with van der Waals surface area (Å²) in [5.41, 5.74) is 0. The van der Waals surface area contributed by atoms with E-state index in [0.717, 1.165) is 25.8 Å². The Morgan fingerprint density at radius 2 is 1.94 bits per heavy atom. The van der Waals surface area contributed by atoms with E-state index in [9.17, 15) is 4.79 Å². The molecule has 0 aliphatic carbocycles. The number of amides is 1. The summed E-state index contributed by atoms with van der Waals surface area (Å²) in [6, 6.07) is 0.423. The second kappa shape index (κ2) is 9.72. The number of hydrogen-bond donors (Lipinski definition) is 1. The van der Waals surface area contributed by atoms with Gasteiger partial charge < -0.3 is 10.2 Å². The second-order valence-electron chi connectivity index (χ2n) is 5.20. The lowest BCUT2D eigenvalue weighted by Gasteiger charge is -2.26. The molecule has 0 aromatic rings. The lowest BCUT2D eigenvalue weighted by atomic mass is 10.0. The number of nitrogens with one attached hydrogen (secondary N) is 1. The highest BCUT2D eigenvalue weighted by atomic mass is 35.5. The largest absolute Gasteiger partial charge is 0.355 e. The van der Waals surface area contributed by atoms with E-state index in [0.29, 0.717) is 24.3 Å². The molecule has 0 aromatic carbocycles. The third kappa shape index (κ3) is 9.42. The van der Waals surface area contributed by atoms with Crippen LogP contribution in [0.1, 0.15) is 39.5 Å². The van der Waals surface area contributed by atoms with Crippen LogP contribution in [0, 0.1) is 5.92 Å². The SMILES string of the molecule is CC(C)CC(CNC(=O)CCCCCl)N(C)C. The molecule has 0 saturated heterocycles. The maximum Gasteiger partial charge on any atom is 0.220 e. The van der Waals surface area contributed by atoms with Crippen molar-refractivity contribution in [2.24, 2.45) is 5.92 Å². The van der Waals surface area contributed by atoms with E-state index in [-0.39, 0.29) is 5.91 Å². The normalized spacial score (nSPS) is 13.1. The molecular weight excluding hydrogens is 236 g/mol. The fraction of sp³-hybridized carbons (Fsp3) is 0.923. The molecule has 3 nitrogen and oxygen atoms in total. The molecule has 0 spiro atoms. The van der Waals surface area contributed by atoms with Crippen LogP contribution in [0.2, 0.25) is 0 Å². The zero-order valence-electron chi connectivity index (χ0n) is 11.6. The molecule has 0 fully saturated rings. The standard InChI is InChI=1S/C13H27ClN2O/c1-11(2)9-12(16(3)4)10-15-13(17)7-5-6-8-14/h11-12H,5-10H2,1-4H3,(H,15,17). The highest BCUT2D eigenvalue weighted by Crippen LogP contribution is 2.08. The molecule has 0 aliphatic heterocycles. The van der Waals surface area contributed by atoms with Crippen LogP contribution in [0.25, 0.3) is 0 Å². The zero-order valence-corrected chi connectivity index (χ0v) is 12.4. The predicted molar refractivity (Wildman–Crippen MR) is 74.5 cm³/mol. The Labute approximate surface area is 111 Å². The number of unbranched alkanes of at least 4 members (excludes halogenated alkanes) is 1. The van der Waals surface area contributed by atoms with Crippen molar-refractivity contribution < 1.29 is 4.79 Å². The first-order valence-electron chi connectivity index (χ1n) is 6.46. The second-order valence-corrected chi connectivity index (χ2v) is 5.58. The highest BCUT2D eigenvalue weighted by molar-refractivity contribution is 6.17. The van der Waals surface area contributed by atoms with Gasteiger partial charge in [0, 0.05) is 24.9 Å². The fourth-order valence-corrected chi connectivity index (χ4v) is 1.91. The van der Waals surface area contributed by atoms with Crippen molar-refractivity contribution in [3.63, 3.8) is 0 Å². The van der Waals surface area contributed by atoms with Crippen LogP contribution < -0.4 is 5.32 Å². The number of alkyl halides is 1. The number of carbonyl (C=O) groups excluding carboxylic acids is 1. The molecule has 1 N–H and O–H groups in total. The van der Waals surface area contributed by atoms with Crippen molar-refractivity contribution in [1.29, 1.82) is 0 Å². The van der Waals surface area contributed by atoms with Crippen LogP contribution in [0.5, 0.6) is 0 Å². The third-order valence-corrected chi connectivity index (χ3v) is 3.06. The number of halogens is 1. The average molecular weight is 263 g/mol. The Kier molecular flexibility index (Phi) is 9.56. The molecule has 0 aliphatic rings. The van der Waals surface area contributed by atoms with Crippen LogP contribution in [-0.4, -0.2) is 43.4 Å². The van der Waals surface area contributed by atoms with E-state index in [4.69, 9.17) is 11.6 Å². The van der Waals surface area contributed by atoms with Crippen molar-refractivity contribution >= 4 is 17.5 Å². The fourth-order valence-electron chi connectivity index (χ4n) is 1.72. The monoisotopic (exact) mass is 262 g/mol. The van der Waals surface area contributed by atoms with Crippen molar-refractivity contribution in [2.45, 2.75) is 45.6 Å². The smallest absolute Gasteiger partial charge is 0.220 e. The van der Waals surface area contributed by atoms with Crippen molar-refractivity contribution in [2.75, 3.05) is 26.5 Å². The molecule has 1 amide bonds. The van der Waals surface area contributed by atoms with Gasteiger partial charge in [-0.2, -0.15) is 0 Å². The van der Waals surface area contributed by atoms with Gasteiger partial charge in [-0.15, -0.1) is 11.6 Å². The van der Waals surface area contributed by atoms with Gasteiger partial charge in [0.1, 0.15) is 0 Å². The summed E-state index contributed by atoms with van der Waals surface area (Å²) >= 11 is 5.57. The molecule has 0 bridgehead atoms. The summed E-state index contributed by atoms with van der Waals surface area (Å²) in [5, 5.41) is 3.00. The van der Waals surface area contributed by atoms with Crippen LogP contribution in [0.3, 0.4) is 0 Å². The van der Waals surface area contributed by atoms with Crippen molar-refractivity contribution in [3.8, 4) is 0 Å². The molecule has 0 radical (unpaired) electrons. The van der Waals surface area contributed by atoms with E-state index >= 15 is 0 Å². The zero-order chi connectivity index (χ0) is 13.3. The summed E-state index contributed by atoms with van der Waals surface area (Å²) in [6.07, 6.45) is 3.49. The van der Waals surface area contributed by atoms with Gasteiger partial charge in [-0.3, -0.25) is 4.79 Å². The maximum absolute atomic E-state index is 11.6. The highest BCUT2D eigenvalue weighted by Gasteiger charge is 2.14. The lowest BCUT2D eigenvalue weighted by Crippen LogP contribution is -2.41. The van der Waals surface area contributed by atoms with E-state index in [1.165, 1.54) is 0 Å². The number of nitrogens with zero attached hydrogens (tertiary/aromatic N) is 1. The Bertz CT molecular complexity index is 208. The Morgan fingerprint density at radius 1 is 1.29 bits per heavy atom. The number of likely N-dealkylation sites (N-methyl/N-ethyl adjacent to an activating group) is 1. The van der Waals surface area contributed by atoms with Gasteiger partial charge in [0.05, 0.1) is 0 Å². The molecular formula is C13H27ClN2O. The minimum absolute atomic E-state index is 0.144.